The smallest absolute Gasteiger partial charge is 0.254 e. The van der Waals surface area contributed by atoms with Crippen molar-refractivity contribution >= 4 is 21.8 Å². The number of benzene rings is 1. The molecule has 2 aliphatic rings. The quantitative estimate of drug-likeness (QED) is 0.828. The molecule has 0 aliphatic carbocycles. The van der Waals surface area contributed by atoms with Gasteiger partial charge in [0.2, 0.25) is 0 Å². The number of amides is 1. The van der Waals surface area contributed by atoms with Gasteiger partial charge < -0.3 is 9.80 Å². The zero-order valence-electron chi connectivity index (χ0n) is 11.9. The summed E-state index contributed by atoms with van der Waals surface area (Å²) in [5.41, 5.74) is 0.806. The van der Waals surface area contributed by atoms with Gasteiger partial charge in [0.1, 0.15) is 0 Å². The summed E-state index contributed by atoms with van der Waals surface area (Å²) in [5, 5.41) is 0. The lowest BCUT2D eigenvalue weighted by atomic mass is 10.0. The molecule has 108 valence electrons. The standard InChI is InChI=1S/C16H21BrN2O/c1-18-10-2-4-14(18)15-5-3-11-19(15)16(20)12-6-8-13(17)9-7-12/h6-9,14-15H,2-5,10-11H2,1H3. The van der Waals surface area contributed by atoms with E-state index in [2.05, 4.69) is 32.8 Å². The Morgan fingerprint density at radius 1 is 1.10 bits per heavy atom. The van der Waals surface area contributed by atoms with E-state index >= 15 is 0 Å². The van der Waals surface area contributed by atoms with E-state index in [-0.39, 0.29) is 5.91 Å². The van der Waals surface area contributed by atoms with Crippen LogP contribution in [0.25, 0.3) is 0 Å². The Labute approximate surface area is 129 Å². The van der Waals surface area contributed by atoms with Gasteiger partial charge in [-0.05, 0) is 63.5 Å². The molecule has 1 amide bonds. The molecule has 0 saturated carbocycles. The van der Waals surface area contributed by atoms with Crippen molar-refractivity contribution in [3.63, 3.8) is 0 Å². The Balaban J connectivity index is 1.78. The van der Waals surface area contributed by atoms with Gasteiger partial charge in [0.25, 0.3) is 5.91 Å². The lowest BCUT2D eigenvalue weighted by Crippen LogP contribution is -2.47. The third-order valence-electron chi connectivity index (χ3n) is 4.67. The average Bonchev–Trinajstić information content (AvgIpc) is 3.07. The predicted octanol–water partition coefficient (Wildman–Crippen LogP) is 3.15. The molecular formula is C16H21BrN2O. The summed E-state index contributed by atoms with van der Waals surface area (Å²) in [6.45, 7) is 2.07. The molecule has 1 aromatic rings. The van der Waals surface area contributed by atoms with Crippen LogP contribution in [0.5, 0.6) is 0 Å². The van der Waals surface area contributed by atoms with E-state index in [1.54, 1.807) is 0 Å². The molecule has 4 heteroatoms. The molecule has 2 atom stereocenters. The maximum absolute atomic E-state index is 12.7. The van der Waals surface area contributed by atoms with Crippen LogP contribution >= 0.6 is 15.9 Å². The first-order valence-electron chi connectivity index (χ1n) is 7.43. The lowest BCUT2D eigenvalue weighted by Gasteiger charge is -2.33. The second-order valence-electron chi connectivity index (χ2n) is 5.91. The topological polar surface area (TPSA) is 23.6 Å². The number of hydrogen-bond donors (Lipinski definition) is 0. The van der Waals surface area contributed by atoms with Crippen LogP contribution in [0.15, 0.2) is 28.7 Å². The molecule has 1 aromatic carbocycles. The fourth-order valence-corrected chi connectivity index (χ4v) is 3.89. The highest BCUT2D eigenvalue weighted by Crippen LogP contribution is 2.30. The van der Waals surface area contributed by atoms with Crippen molar-refractivity contribution in [2.45, 2.75) is 37.8 Å². The third-order valence-corrected chi connectivity index (χ3v) is 5.20. The van der Waals surface area contributed by atoms with Gasteiger partial charge in [0.05, 0.1) is 0 Å². The van der Waals surface area contributed by atoms with Crippen molar-refractivity contribution in [2.75, 3.05) is 20.1 Å². The molecule has 0 spiro atoms. The summed E-state index contributed by atoms with van der Waals surface area (Å²) in [6.07, 6.45) is 4.78. The maximum atomic E-state index is 12.7. The van der Waals surface area contributed by atoms with Crippen molar-refractivity contribution in [1.82, 2.24) is 9.80 Å². The van der Waals surface area contributed by atoms with Crippen molar-refractivity contribution in [3.8, 4) is 0 Å². The summed E-state index contributed by atoms with van der Waals surface area (Å²) in [4.78, 5) is 17.3. The molecule has 0 bridgehead atoms. The number of halogens is 1. The molecule has 2 heterocycles. The number of carbonyl (C=O) groups is 1. The number of hydrogen-bond acceptors (Lipinski definition) is 2. The first kappa shape index (κ1) is 14.1. The molecule has 3 nitrogen and oxygen atoms in total. The van der Waals surface area contributed by atoms with Crippen LogP contribution < -0.4 is 0 Å². The van der Waals surface area contributed by atoms with Crippen LogP contribution in [0.1, 0.15) is 36.0 Å². The van der Waals surface area contributed by atoms with E-state index in [1.165, 1.54) is 19.4 Å². The highest BCUT2D eigenvalue weighted by Gasteiger charge is 2.38. The fraction of sp³-hybridized carbons (Fsp3) is 0.562. The van der Waals surface area contributed by atoms with E-state index in [0.717, 1.165) is 29.4 Å². The molecule has 2 unspecified atom stereocenters. The van der Waals surface area contributed by atoms with Crippen LogP contribution in [0, 0.1) is 0 Å². The molecule has 2 saturated heterocycles. The molecule has 2 aliphatic heterocycles. The Bertz CT molecular complexity index is 488. The normalized spacial score (nSPS) is 27.2. The van der Waals surface area contributed by atoms with Crippen LogP contribution in [0.3, 0.4) is 0 Å². The van der Waals surface area contributed by atoms with Gasteiger partial charge in [0.15, 0.2) is 0 Å². The molecule has 3 rings (SSSR count). The average molecular weight is 337 g/mol. The Kier molecular flexibility index (Phi) is 4.13. The minimum absolute atomic E-state index is 0.195. The molecular weight excluding hydrogens is 316 g/mol. The molecule has 20 heavy (non-hydrogen) atoms. The van der Waals surface area contributed by atoms with Crippen LogP contribution in [-0.4, -0.2) is 47.9 Å². The molecule has 0 radical (unpaired) electrons. The van der Waals surface area contributed by atoms with E-state index in [1.807, 2.05) is 24.3 Å². The van der Waals surface area contributed by atoms with Crippen LogP contribution in [-0.2, 0) is 0 Å². The fourth-order valence-electron chi connectivity index (χ4n) is 3.63. The summed E-state index contributed by atoms with van der Waals surface area (Å²) >= 11 is 3.42. The highest BCUT2D eigenvalue weighted by atomic mass is 79.9. The lowest BCUT2D eigenvalue weighted by molar-refractivity contribution is 0.0664. The minimum atomic E-state index is 0.195. The van der Waals surface area contributed by atoms with Crippen molar-refractivity contribution < 1.29 is 4.79 Å². The van der Waals surface area contributed by atoms with Gasteiger partial charge in [-0.1, -0.05) is 15.9 Å². The van der Waals surface area contributed by atoms with E-state index < -0.39 is 0 Å². The van der Waals surface area contributed by atoms with Gasteiger partial charge in [-0.3, -0.25) is 4.79 Å². The molecule has 0 aromatic heterocycles. The van der Waals surface area contributed by atoms with Gasteiger partial charge in [-0.2, -0.15) is 0 Å². The second kappa shape index (κ2) is 5.86. The van der Waals surface area contributed by atoms with Gasteiger partial charge in [-0.15, -0.1) is 0 Å². The first-order chi connectivity index (χ1) is 9.66. The van der Waals surface area contributed by atoms with Crippen molar-refractivity contribution in [1.29, 1.82) is 0 Å². The van der Waals surface area contributed by atoms with Gasteiger partial charge in [-0.25, -0.2) is 0 Å². The Morgan fingerprint density at radius 3 is 2.40 bits per heavy atom. The van der Waals surface area contributed by atoms with E-state index in [0.29, 0.717) is 12.1 Å². The first-order valence-corrected chi connectivity index (χ1v) is 8.23. The summed E-state index contributed by atoms with van der Waals surface area (Å²) in [6, 6.07) is 8.68. The largest absolute Gasteiger partial charge is 0.334 e. The van der Waals surface area contributed by atoms with Crippen LogP contribution in [0.4, 0.5) is 0 Å². The van der Waals surface area contributed by atoms with Gasteiger partial charge in [0, 0.05) is 28.7 Å². The number of rotatable bonds is 2. The number of nitrogens with zero attached hydrogens (tertiary/aromatic N) is 2. The van der Waals surface area contributed by atoms with Crippen LogP contribution in [0.2, 0.25) is 0 Å². The number of likely N-dealkylation sites (tertiary alicyclic amines) is 2. The highest BCUT2D eigenvalue weighted by molar-refractivity contribution is 9.10. The monoisotopic (exact) mass is 336 g/mol. The third kappa shape index (κ3) is 2.63. The molecule has 2 fully saturated rings. The predicted molar refractivity (Wildman–Crippen MR) is 83.9 cm³/mol. The number of likely N-dealkylation sites (N-methyl/N-ethyl adjacent to an activating group) is 1. The van der Waals surface area contributed by atoms with E-state index in [4.69, 9.17) is 0 Å². The SMILES string of the molecule is CN1CCCC1C1CCCN1C(=O)c1ccc(Br)cc1. The Morgan fingerprint density at radius 2 is 1.75 bits per heavy atom. The zero-order valence-corrected chi connectivity index (χ0v) is 13.5. The second-order valence-corrected chi connectivity index (χ2v) is 6.82. The summed E-state index contributed by atoms with van der Waals surface area (Å²) in [5.74, 6) is 0.195. The number of carbonyl (C=O) groups excluding carboxylic acids is 1. The van der Waals surface area contributed by atoms with Gasteiger partial charge >= 0.3 is 0 Å². The van der Waals surface area contributed by atoms with Crippen molar-refractivity contribution in [3.05, 3.63) is 34.3 Å². The minimum Gasteiger partial charge on any atom is -0.334 e. The van der Waals surface area contributed by atoms with Crippen molar-refractivity contribution in [2.24, 2.45) is 0 Å². The summed E-state index contributed by atoms with van der Waals surface area (Å²) < 4.78 is 1.02. The Hall–Kier alpha value is -0.870. The summed E-state index contributed by atoms with van der Waals surface area (Å²) in [7, 11) is 2.19. The maximum Gasteiger partial charge on any atom is 0.254 e. The molecule has 0 N–H and O–H groups in total. The van der Waals surface area contributed by atoms with E-state index in [9.17, 15) is 4.79 Å². The zero-order chi connectivity index (χ0) is 14.1.